The first kappa shape index (κ1) is 17.4. The number of fused-ring (bicyclic) bond motifs is 3. The van der Waals surface area contributed by atoms with E-state index in [4.69, 9.17) is 4.52 Å². The number of benzene rings is 2. The van der Waals surface area contributed by atoms with Gasteiger partial charge >= 0.3 is 0 Å². The summed E-state index contributed by atoms with van der Waals surface area (Å²) in [5, 5.41) is 19.6. The highest BCUT2D eigenvalue weighted by atomic mass is 16.5. The van der Waals surface area contributed by atoms with Gasteiger partial charge in [0.15, 0.2) is 17.3 Å². The molecule has 0 atom stereocenters. The normalized spacial score (nSPS) is 11.4. The van der Waals surface area contributed by atoms with E-state index in [-0.39, 0.29) is 0 Å². The zero-order valence-electron chi connectivity index (χ0n) is 16.5. The van der Waals surface area contributed by atoms with Gasteiger partial charge in [0, 0.05) is 34.3 Å². The Labute approximate surface area is 176 Å². The molecule has 8 heteroatoms. The molecular formula is C23H15N7O. The van der Waals surface area contributed by atoms with E-state index in [0.717, 1.165) is 27.5 Å². The van der Waals surface area contributed by atoms with E-state index in [9.17, 15) is 0 Å². The molecule has 0 unspecified atom stereocenters. The van der Waals surface area contributed by atoms with Crippen molar-refractivity contribution < 1.29 is 4.52 Å². The summed E-state index contributed by atoms with van der Waals surface area (Å²) in [6.07, 6.45) is 5.25. The quantitative estimate of drug-likeness (QED) is 0.431. The summed E-state index contributed by atoms with van der Waals surface area (Å²) in [6, 6.07) is 17.6. The van der Waals surface area contributed by atoms with Crippen molar-refractivity contribution in [2.24, 2.45) is 0 Å². The minimum atomic E-state index is 0.580. The van der Waals surface area contributed by atoms with Crippen molar-refractivity contribution in [2.45, 2.75) is 6.92 Å². The van der Waals surface area contributed by atoms with Gasteiger partial charge in [0.1, 0.15) is 11.5 Å². The average Bonchev–Trinajstić information content (AvgIpc) is 3.43. The summed E-state index contributed by atoms with van der Waals surface area (Å²) in [5.41, 5.74) is 3.96. The molecule has 148 valence electrons. The largest absolute Gasteiger partial charge is 0.360 e. The van der Waals surface area contributed by atoms with Gasteiger partial charge in [-0.3, -0.25) is 0 Å². The van der Waals surface area contributed by atoms with Crippen LogP contribution in [-0.2, 0) is 0 Å². The molecule has 0 saturated heterocycles. The standard InChI is InChI=1S/C23H15N7O/c1-14-19(20(29-31-14)15-6-3-2-4-7-15)23-28-27-22-18-12-16(21-24-10-5-11-25-21)8-9-17(18)13-26-30(22)23/h2-13H,1H3. The molecule has 0 aliphatic carbocycles. The van der Waals surface area contributed by atoms with Crippen LogP contribution in [0.15, 0.2) is 77.7 Å². The van der Waals surface area contributed by atoms with Crippen LogP contribution in [0.25, 0.3) is 50.5 Å². The lowest BCUT2D eigenvalue weighted by Crippen LogP contribution is -1.97. The predicted molar refractivity (Wildman–Crippen MR) is 115 cm³/mol. The highest BCUT2D eigenvalue weighted by molar-refractivity contribution is 5.96. The molecule has 6 rings (SSSR count). The topological polar surface area (TPSA) is 94.9 Å². The van der Waals surface area contributed by atoms with Gasteiger partial charge in [-0.25, -0.2) is 9.97 Å². The molecular weight excluding hydrogens is 390 g/mol. The molecule has 0 saturated carbocycles. The van der Waals surface area contributed by atoms with Crippen LogP contribution < -0.4 is 0 Å². The number of nitrogens with zero attached hydrogens (tertiary/aromatic N) is 7. The third kappa shape index (κ3) is 2.77. The van der Waals surface area contributed by atoms with Crippen molar-refractivity contribution >= 4 is 16.4 Å². The molecule has 0 aliphatic rings. The second-order valence-corrected chi connectivity index (χ2v) is 7.11. The SMILES string of the molecule is Cc1onc(-c2ccccc2)c1-c1nnc2c3cc(-c4ncccn4)ccc3cnn12. The summed E-state index contributed by atoms with van der Waals surface area (Å²) in [5.74, 6) is 1.89. The molecule has 0 radical (unpaired) electrons. The van der Waals surface area contributed by atoms with Crippen LogP contribution in [0, 0.1) is 6.92 Å². The average molecular weight is 405 g/mol. The van der Waals surface area contributed by atoms with E-state index < -0.39 is 0 Å². The first-order valence-electron chi connectivity index (χ1n) is 9.73. The Balaban J connectivity index is 1.58. The van der Waals surface area contributed by atoms with E-state index in [1.54, 1.807) is 29.2 Å². The van der Waals surface area contributed by atoms with Crippen LogP contribution in [0.3, 0.4) is 0 Å². The number of aromatic nitrogens is 7. The maximum absolute atomic E-state index is 5.51. The molecule has 0 bridgehead atoms. The summed E-state index contributed by atoms with van der Waals surface area (Å²) >= 11 is 0. The van der Waals surface area contributed by atoms with Crippen LogP contribution >= 0.6 is 0 Å². The summed E-state index contributed by atoms with van der Waals surface area (Å²) in [4.78, 5) is 8.70. The van der Waals surface area contributed by atoms with Gasteiger partial charge in [0.2, 0.25) is 0 Å². The molecule has 4 aromatic heterocycles. The number of rotatable bonds is 3. The van der Waals surface area contributed by atoms with Crippen molar-refractivity contribution in [1.29, 1.82) is 0 Å². The highest BCUT2D eigenvalue weighted by Crippen LogP contribution is 2.34. The fraction of sp³-hybridized carbons (Fsp3) is 0.0435. The molecule has 0 N–H and O–H groups in total. The fourth-order valence-electron chi connectivity index (χ4n) is 3.71. The third-order valence-corrected chi connectivity index (χ3v) is 5.20. The Morgan fingerprint density at radius 1 is 0.871 bits per heavy atom. The summed E-state index contributed by atoms with van der Waals surface area (Å²) < 4.78 is 7.24. The Kier molecular flexibility index (Phi) is 3.82. The van der Waals surface area contributed by atoms with Gasteiger partial charge in [0.25, 0.3) is 0 Å². The van der Waals surface area contributed by atoms with Crippen LogP contribution in [0.4, 0.5) is 0 Å². The molecule has 0 fully saturated rings. The lowest BCUT2D eigenvalue weighted by molar-refractivity contribution is 0.400. The van der Waals surface area contributed by atoms with Gasteiger partial charge < -0.3 is 4.52 Å². The predicted octanol–water partition coefficient (Wildman–Crippen LogP) is 4.36. The molecule has 4 heterocycles. The Morgan fingerprint density at radius 2 is 1.71 bits per heavy atom. The Hall–Kier alpha value is -4.46. The first-order chi connectivity index (χ1) is 15.3. The molecule has 0 aliphatic heterocycles. The molecule has 0 amide bonds. The van der Waals surface area contributed by atoms with Crippen molar-refractivity contribution in [2.75, 3.05) is 0 Å². The summed E-state index contributed by atoms with van der Waals surface area (Å²) in [7, 11) is 0. The van der Waals surface area contributed by atoms with Gasteiger partial charge in [-0.2, -0.15) is 9.61 Å². The second kappa shape index (κ2) is 6.81. The summed E-state index contributed by atoms with van der Waals surface area (Å²) in [6.45, 7) is 1.86. The maximum Gasteiger partial charge on any atom is 0.191 e. The molecule has 31 heavy (non-hydrogen) atoms. The molecule has 6 aromatic rings. The van der Waals surface area contributed by atoms with Gasteiger partial charge in [-0.15, -0.1) is 10.2 Å². The number of hydrogen-bond acceptors (Lipinski definition) is 7. The minimum Gasteiger partial charge on any atom is -0.360 e. The smallest absolute Gasteiger partial charge is 0.191 e. The van der Waals surface area contributed by atoms with Gasteiger partial charge in [-0.05, 0) is 19.1 Å². The van der Waals surface area contributed by atoms with E-state index in [2.05, 4.69) is 30.4 Å². The van der Waals surface area contributed by atoms with Crippen molar-refractivity contribution in [1.82, 2.24) is 34.9 Å². The first-order valence-corrected chi connectivity index (χ1v) is 9.73. The van der Waals surface area contributed by atoms with Crippen molar-refractivity contribution in [3.8, 4) is 34.0 Å². The van der Waals surface area contributed by atoms with E-state index in [1.807, 2.05) is 55.5 Å². The Bertz CT molecular complexity index is 1540. The highest BCUT2D eigenvalue weighted by Gasteiger charge is 2.22. The van der Waals surface area contributed by atoms with E-state index in [0.29, 0.717) is 28.8 Å². The van der Waals surface area contributed by atoms with Gasteiger partial charge in [0.05, 0.1) is 11.8 Å². The molecule has 8 nitrogen and oxygen atoms in total. The zero-order valence-corrected chi connectivity index (χ0v) is 16.5. The third-order valence-electron chi connectivity index (χ3n) is 5.20. The number of hydrogen-bond donors (Lipinski definition) is 0. The maximum atomic E-state index is 5.51. The minimum absolute atomic E-state index is 0.580. The second-order valence-electron chi connectivity index (χ2n) is 7.11. The van der Waals surface area contributed by atoms with Crippen molar-refractivity contribution in [3.05, 3.63) is 78.9 Å². The van der Waals surface area contributed by atoms with E-state index >= 15 is 0 Å². The van der Waals surface area contributed by atoms with Crippen LogP contribution in [0.1, 0.15) is 5.76 Å². The monoisotopic (exact) mass is 405 g/mol. The lowest BCUT2D eigenvalue weighted by Gasteiger charge is -2.05. The van der Waals surface area contributed by atoms with Crippen LogP contribution in [-0.4, -0.2) is 34.9 Å². The van der Waals surface area contributed by atoms with Crippen LogP contribution in [0.2, 0.25) is 0 Å². The molecule has 0 spiro atoms. The molecule has 2 aromatic carbocycles. The van der Waals surface area contributed by atoms with Crippen LogP contribution in [0.5, 0.6) is 0 Å². The van der Waals surface area contributed by atoms with E-state index in [1.165, 1.54) is 0 Å². The number of aryl methyl sites for hydroxylation is 1. The van der Waals surface area contributed by atoms with Gasteiger partial charge in [-0.1, -0.05) is 47.6 Å². The fourth-order valence-corrected chi connectivity index (χ4v) is 3.71. The lowest BCUT2D eigenvalue weighted by atomic mass is 10.1. The Morgan fingerprint density at radius 3 is 2.55 bits per heavy atom. The zero-order chi connectivity index (χ0) is 20.8. The van der Waals surface area contributed by atoms with Crippen molar-refractivity contribution in [3.63, 3.8) is 0 Å².